The summed E-state index contributed by atoms with van der Waals surface area (Å²) in [5.41, 5.74) is 1.12. The maximum absolute atomic E-state index is 12.4. The largest absolute Gasteiger partial charge is 0.338 e. The van der Waals surface area contributed by atoms with Crippen LogP contribution in [0.2, 0.25) is 0 Å². The Balaban J connectivity index is 1.38. The summed E-state index contributed by atoms with van der Waals surface area (Å²) in [5.74, 6) is 1.27. The van der Waals surface area contributed by atoms with E-state index in [1.54, 1.807) is 0 Å². The van der Waals surface area contributed by atoms with Gasteiger partial charge in [-0.15, -0.1) is 0 Å². The Bertz CT molecular complexity index is 565. The number of nitrogens with zero attached hydrogens (tertiary/aromatic N) is 4. The van der Waals surface area contributed by atoms with Gasteiger partial charge in [-0.2, -0.15) is 0 Å². The van der Waals surface area contributed by atoms with Gasteiger partial charge in [0.15, 0.2) is 0 Å². The van der Waals surface area contributed by atoms with Crippen molar-refractivity contribution < 1.29 is 4.79 Å². The smallest absolute Gasteiger partial charge is 0.317 e. The molecule has 2 saturated heterocycles. The Morgan fingerprint density at radius 1 is 1.28 bits per heavy atom. The first-order chi connectivity index (χ1) is 12.1. The Morgan fingerprint density at radius 2 is 2.00 bits per heavy atom. The van der Waals surface area contributed by atoms with Crippen LogP contribution in [0, 0.1) is 6.92 Å². The van der Waals surface area contributed by atoms with Gasteiger partial charge in [0.05, 0.1) is 0 Å². The number of rotatable bonds is 5. The lowest BCUT2D eigenvalue weighted by Gasteiger charge is -2.32. The molecule has 0 aromatic carbocycles. The predicted octanol–water partition coefficient (Wildman–Crippen LogP) is 2.55. The van der Waals surface area contributed by atoms with Crippen molar-refractivity contribution >= 4 is 6.03 Å². The summed E-state index contributed by atoms with van der Waals surface area (Å²) >= 11 is 0. The zero-order valence-electron chi connectivity index (χ0n) is 15.6. The third kappa shape index (κ3) is 4.91. The number of carbonyl (C=O) groups is 1. The molecule has 1 aromatic rings. The van der Waals surface area contributed by atoms with Crippen LogP contribution in [0.5, 0.6) is 0 Å². The molecule has 1 aromatic heterocycles. The molecule has 0 unspecified atom stereocenters. The number of aryl methyl sites for hydroxylation is 1. The normalized spacial score (nSPS) is 20.6. The van der Waals surface area contributed by atoms with Gasteiger partial charge in [-0.1, -0.05) is 0 Å². The van der Waals surface area contributed by atoms with E-state index in [0.717, 1.165) is 50.4 Å². The number of amides is 2. The molecule has 2 fully saturated rings. The fourth-order valence-electron chi connectivity index (χ4n) is 3.94. The Hall–Kier alpha value is -1.69. The monoisotopic (exact) mass is 345 g/mol. The van der Waals surface area contributed by atoms with Crippen molar-refractivity contribution in [1.29, 1.82) is 0 Å². The minimum absolute atomic E-state index is 0.0888. The molecule has 0 spiro atoms. The van der Waals surface area contributed by atoms with E-state index in [-0.39, 0.29) is 6.03 Å². The van der Waals surface area contributed by atoms with Crippen LogP contribution in [0.15, 0.2) is 12.3 Å². The molecule has 0 aliphatic carbocycles. The number of piperidine rings is 1. The zero-order chi connectivity index (χ0) is 17.6. The minimum Gasteiger partial charge on any atom is -0.338 e. The number of carbonyl (C=O) groups excluding carboxylic acids is 1. The predicted molar refractivity (Wildman–Crippen MR) is 98.6 cm³/mol. The molecule has 3 rings (SSSR count). The van der Waals surface area contributed by atoms with E-state index in [2.05, 4.69) is 27.1 Å². The van der Waals surface area contributed by atoms with Gasteiger partial charge in [-0.05, 0) is 65.1 Å². The minimum atomic E-state index is 0.0888. The SMILES string of the molecule is Cc1nccc(C2CCN(C(=O)NCC[C@H](C)N3CCCC3)CC2)n1. The maximum Gasteiger partial charge on any atom is 0.317 e. The summed E-state index contributed by atoms with van der Waals surface area (Å²) in [5, 5.41) is 3.11. The van der Waals surface area contributed by atoms with E-state index < -0.39 is 0 Å². The van der Waals surface area contributed by atoms with E-state index >= 15 is 0 Å². The highest BCUT2D eigenvalue weighted by Gasteiger charge is 2.25. The van der Waals surface area contributed by atoms with Crippen LogP contribution >= 0.6 is 0 Å². The van der Waals surface area contributed by atoms with Crippen LogP contribution in [-0.2, 0) is 0 Å². The third-order valence-electron chi connectivity index (χ3n) is 5.60. The van der Waals surface area contributed by atoms with Gasteiger partial charge in [0, 0.05) is 43.5 Å². The highest BCUT2D eigenvalue weighted by atomic mass is 16.2. The average Bonchev–Trinajstić information content (AvgIpc) is 3.16. The van der Waals surface area contributed by atoms with Gasteiger partial charge in [0.25, 0.3) is 0 Å². The number of hydrogen-bond donors (Lipinski definition) is 1. The van der Waals surface area contributed by atoms with Crippen LogP contribution in [0.1, 0.15) is 56.5 Å². The number of hydrogen-bond acceptors (Lipinski definition) is 4. The molecular weight excluding hydrogens is 314 g/mol. The highest BCUT2D eigenvalue weighted by Crippen LogP contribution is 2.26. The Labute approximate surface area is 151 Å². The summed E-state index contributed by atoms with van der Waals surface area (Å²) in [6, 6.07) is 2.66. The molecule has 6 nitrogen and oxygen atoms in total. The fraction of sp³-hybridized carbons (Fsp3) is 0.737. The molecule has 1 atom stereocenters. The van der Waals surface area contributed by atoms with Crippen molar-refractivity contribution in [2.75, 3.05) is 32.7 Å². The van der Waals surface area contributed by atoms with Gasteiger partial charge in [0.2, 0.25) is 0 Å². The lowest BCUT2D eigenvalue weighted by atomic mass is 9.93. The molecule has 2 amide bonds. The zero-order valence-corrected chi connectivity index (χ0v) is 15.6. The number of likely N-dealkylation sites (tertiary alicyclic amines) is 2. The van der Waals surface area contributed by atoms with Gasteiger partial charge >= 0.3 is 6.03 Å². The number of aromatic nitrogens is 2. The van der Waals surface area contributed by atoms with E-state index in [4.69, 9.17) is 0 Å². The molecule has 3 heterocycles. The van der Waals surface area contributed by atoms with Gasteiger partial charge < -0.3 is 15.1 Å². The molecule has 2 aliphatic rings. The maximum atomic E-state index is 12.4. The summed E-state index contributed by atoms with van der Waals surface area (Å²) in [7, 11) is 0. The summed E-state index contributed by atoms with van der Waals surface area (Å²) in [4.78, 5) is 25.6. The second-order valence-electron chi connectivity index (χ2n) is 7.40. The Kier molecular flexibility index (Phi) is 6.24. The standard InChI is InChI=1S/C19H31N5O/c1-15(23-11-3-4-12-23)5-9-21-19(25)24-13-7-17(8-14-24)18-6-10-20-16(2)22-18/h6,10,15,17H,3-5,7-9,11-14H2,1-2H3,(H,21,25)/t15-/m0/s1. The molecule has 1 N–H and O–H groups in total. The first-order valence-corrected chi connectivity index (χ1v) is 9.70. The molecule has 25 heavy (non-hydrogen) atoms. The average molecular weight is 345 g/mol. The fourth-order valence-corrected chi connectivity index (χ4v) is 3.94. The molecule has 0 bridgehead atoms. The van der Waals surface area contributed by atoms with Crippen LogP contribution in [0.25, 0.3) is 0 Å². The quantitative estimate of drug-likeness (QED) is 0.891. The van der Waals surface area contributed by atoms with Crippen molar-refractivity contribution in [1.82, 2.24) is 25.1 Å². The summed E-state index contributed by atoms with van der Waals surface area (Å²) in [6.45, 7) is 9.00. The van der Waals surface area contributed by atoms with E-state index in [1.807, 2.05) is 24.1 Å². The van der Waals surface area contributed by atoms with Gasteiger partial charge in [-0.3, -0.25) is 0 Å². The van der Waals surface area contributed by atoms with E-state index in [0.29, 0.717) is 12.0 Å². The first kappa shape index (κ1) is 18.1. The van der Waals surface area contributed by atoms with Crippen LogP contribution in [-0.4, -0.2) is 64.6 Å². The topological polar surface area (TPSA) is 61.4 Å². The second-order valence-corrected chi connectivity index (χ2v) is 7.40. The van der Waals surface area contributed by atoms with Crippen molar-refractivity contribution in [3.63, 3.8) is 0 Å². The molecule has 2 aliphatic heterocycles. The summed E-state index contributed by atoms with van der Waals surface area (Å²) in [6.07, 6.45) is 7.46. The van der Waals surface area contributed by atoms with Crippen LogP contribution in [0.3, 0.4) is 0 Å². The third-order valence-corrected chi connectivity index (χ3v) is 5.60. The van der Waals surface area contributed by atoms with E-state index in [9.17, 15) is 4.79 Å². The second kappa shape index (κ2) is 8.61. The van der Waals surface area contributed by atoms with Crippen molar-refractivity contribution in [3.8, 4) is 0 Å². The molecule has 0 radical (unpaired) electrons. The molecular formula is C19H31N5O. The lowest BCUT2D eigenvalue weighted by Crippen LogP contribution is -2.45. The summed E-state index contributed by atoms with van der Waals surface area (Å²) < 4.78 is 0. The molecule has 6 heteroatoms. The van der Waals surface area contributed by atoms with Crippen molar-refractivity contribution in [3.05, 3.63) is 23.8 Å². The van der Waals surface area contributed by atoms with Gasteiger partial charge in [0.1, 0.15) is 5.82 Å². The Morgan fingerprint density at radius 3 is 2.68 bits per heavy atom. The van der Waals surface area contributed by atoms with E-state index in [1.165, 1.54) is 25.9 Å². The van der Waals surface area contributed by atoms with Crippen LogP contribution in [0.4, 0.5) is 4.79 Å². The van der Waals surface area contributed by atoms with Crippen LogP contribution < -0.4 is 5.32 Å². The van der Waals surface area contributed by atoms with Crippen molar-refractivity contribution in [2.45, 2.75) is 57.9 Å². The molecule has 138 valence electrons. The first-order valence-electron chi connectivity index (χ1n) is 9.70. The van der Waals surface area contributed by atoms with Gasteiger partial charge in [-0.25, -0.2) is 14.8 Å². The number of urea groups is 1. The molecule has 0 saturated carbocycles. The highest BCUT2D eigenvalue weighted by molar-refractivity contribution is 5.74. The van der Waals surface area contributed by atoms with Crippen molar-refractivity contribution in [2.24, 2.45) is 0 Å². The number of nitrogens with one attached hydrogen (secondary N) is 1. The lowest BCUT2D eigenvalue weighted by molar-refractivity contribution is 0.178.